The van der Waals surface area contributed by atoms with Crippen LogP contribution in [-0.4, -0.2) is 24.1 Å². The molecule has 0 fully saturated rings. The van der Waals surface area contributed by atoms with Crippen molar-refractivity contribution in [3.63, 3.8) is 0 Å². The Morgan fingerprint density at radius 3 is 2.67 bits per heavy atom. The average molecular weight is 322 g/mol. The van der Waals surface area contributed by atoms with Gasteiger partial charge >= 0.3 is 0 Å². The first-order valence-corrected chi connectivity index (χ1v) is 7.54. The zero-order valence-electron chi connectivity index (χ0n) is 12.7. The van der Waals surface area contributed by atoms with Crippen LogP contribution in [0.15, 0.2) is 53.3 Å². The number of rotatable bonds is 2. The van der Waals surface area contributed by atoms with Gasteiger partial charge in [0.1, 0.15) is 18.9 Å². The predicted octanol–water partition coefficient (Wildman–Crippen LogP) is 2.55. The second kappa shape index (κ2) is 5.73. The van der Waals surface area contributed by atoms with Gasteiger partial charge in [-0.15, -0.1) is 0 Å². The van der Waals surface area contributed by atoms with Crippen LogP contribution in [0.1, 0.15) is 10.5 Å². The predicted molar refractivity (Wildman–Crippen MR) is 90.0 cm³/mol. The minimum Gasteiger partial charge on any atom is -0.486 e. The topological polar surface area (TPSA) is 80.4 Å². The van der Waals surface area contributed by atoms with E-state index in [9.17, 15) is 9.59 Å². The number of pyridine rings is 1. The summed E-state index contributed by atoms with van der Waals surface area (Å²) in [4.78, 5) is 27.1. The van der Waals surface area contributed by atoms with E-state index in [0.717, 1.165) is 0 Å². The number of aromatic amines is 1. The zero-order chi connectivity index (χ0) is 16.5. The van der Waals surface area contributed by atoms with Crippen molar-refractivity contribution in [1.29, 1.82) is 0 Å². The van der Waals surface area contributed by atoms with Crippen molar-refractivity contribution >= 4 is 22.4 Å². The molecule has 0 atom stereocenters. The summed E-state index contributed by atoms with van der Waals surface area (Å²) >= 11 is 0. The molecule has 1 aliphatic heterocycles. The summed E-state index contributed by atoms with van der Waals surface area (Å²) < 4.78 is 10.9. The maximum absolute atomic E-state index is 12.4. The molecule has 4 rings (SSSR count). The van der Waals surface area contributed by atoms with Crippen LogP contribution in [-0.2, 0) is 0 Å². The molecule has 2 aromatic carbocycles. The molecule has 1 amide bonds. The fraction of sp³-hybridized carbons (Fsp3) is 0.111. The van der Waals surface area contributed by atoms with Crippen LogP contribution in [0.4, 0.5) is 5.69 Å². The number of nitrogens with one attached hydrogen (secondary N) is 2. The third-order valence-corrected chi connectivity index (χ3v) is 3.80. The minimum atomic E-state index is -0.394. The second-order valence-electron chi connectivity index (χ2n) is 5.41. The quantitative estimate of drug-likeness (QED) is 0.760. The molecule has 0 saturated heterocycles. The molecule has 1 aliphatic rings. The lowest BCUT2D eigenvalue weighted by molar-refractivity contribution is 0.102. The van der Waals surface area contributed by atoms with Crippen LogP contribution in [0.3, 0.4) is 0 Å². The Bertz CT molecular complexity index is 994. The summed E-state index contributed by atoms with van der Waals surface area (Å²) in [5.41, 5.74) is 0.479. The number of carbonyl (C=O) groups excluding carboxylic acids is 1. The fourth-order valence-electron chi connectivity index (χ4n) is 2.65. The first-order valence-electron chi connectivity index (χ1n) is 7.54. The third kappa shape index (κ3) is 2.58. The van der Waals surface area contributed by atoms with Gasteiger partial charge in [0.2, 0.25) is 0 Å². The molecule has 0 spiro atoms. The Hall–Kier alpha value is -3.28. The van der Waals surface area contributed by atoms with Crippen molar-refractivity contribution in [2.24, 2.45) is 0 Å². The minimum absolute atomic E-state index is 0.202. The van der Waals surface area contributed by atoms with Gasteiger partial charge in [-0.3, -0.25) is 9.59 Å². The van der Waals surface area contributed by atoms with Crippen molar-refractivity contribution in [1.82, 2.24) is 4.98 Å². The summed E-state index contributed by atoms with van der Waals surface area (Å²) in [6.07, 6.45) is 0. The van der Waals surface area contributed by atoms with E-state index in [2.05, 4.69) is 10.3 Å². The Morgan fingerprint density at radius 2 is 1.79 bits per heavy atom. The summed E-state index contributed by atoms with van der Waals surface area (Å²) in [7, 11) is 0. The van der Waals surface area contributed by atoms with Crippen molar-refractivity contribution in [3.05, 3.63) is 64.6 Å². The highest BCUT2D eigenvalue weighted by Crippen LogP contribution is 2.32. The normalized spacial score (nSPS) is 12.8. The van der Waals surface area contributed by atoms with E-state index in [4.69, 9.17) is 9.47 Å². The molecule has 3 aromatic rings. The number of amides is 1. The molecule has 0 aliphatic carbocycles. The molecule has 1 aromatic heterocycles. The first-order chi connectivity index (χ1) is 11.7. The highest BCUT2D eigenvalue weighted by molar-refractivity contribution is 6.04. The van der Waals surface area contributed by atoms with Gasteiger partial charge in [0.05, 0.1) is 0 Å². The SMILES string of the molecule is O=C(Nc1ccc2c(c1)OCCO2)c1cc2ccccc2c(=O)[nH]1. The summed E-state index contributed by atoms with van der Waals surface area (Å²) in [6, 6.07) is 14.0. The number of H-pyrrole nitrogens is 1. The van der Waals surface area contributed by atoms with Crippen LogP contribution in [0.25, 0.3) is 10.8 Å². The van der Waals surface area contributed by atoms with E-state index in [1.807, 2.05) is 6.07 Å². The number of benzene rings is 2. The molecule has 2 N–H and O–H groups in total. The molecular weight excluding hydrogens is 308 g/mol. The average Bonchev–Trinajstić information content (AvgIpc) is 2.61. The smallest absolute Gasteiger partial charge is 0.272 e. The molecule has 0 radical (unpaired) electrons. The molecule has 120 valence electrons. The van der Waals surface area contributed by atoms with Crippen molar-refractivity contribution in [2.45, 2.75) is 0 Å². The number of hydrogen-bond acceptors (Lipinski definition) is 4. The zero-order valence-corrected chi connectivity index (χ0v) is 12.7. The standard InChI is InChI=1S/C18H14N2O4/c21-17-13-4-2-1-3-11(13)9-14(20-17)18(22)19-12-5-6-15-16(10-12)24-8-7-23-15/h1-6,9-10H,7-8H2,(H,19,22)(H,20,21). The molecule has 0 saturated carbocycles. The van der Waals surface area contributed by atoms with Crippen LogP contribution in [0.5, 0.6) is 11.5 Å². The Morgan fingerprint density at radius 1 is 1.00 bits per heavy atom. The number of fused-ring (bicyclic) bond motifs is 2. The maximum atomic E-state index is 12.4. The number of carbonyl (C=O) groups is 1. The van der Waals surface area contributed by atoms with Gasteiger partial charge in [-0.2, -0.15) is 0 Å². The Labute approximate surface area is 137 Å². The number of aromatic nitrogens is 1. The molecular formula is C18H14N2O4. The van der Waals surface area contributed by atoms with Gasteiger partial charge in [-0.25, -0.2) is 0 Å². The van der Waals surface area contributed by atoms with Crippen molar-refractivity contribution < 1.29 is 14.3 Å². The lowest BCUT2D eigenvalue weighted by Crippen LogP contribution is -2.19. The monoisotopic (exact) mass is 322 g/mol. The van der Waals surface area contributed by atoms with E-state index in [-0.39, 0.29) is 11.3 Å². The van der Waals surface area contributed by atoms with Crippen LogP contribution in [0.2, 0.25) is 0 Å². The number of anilines is 1. The third-order valence-electron chi connectivity index (χ3n) is 3.80. The van der Waals surface area contributed by atoms with Gasteiger partial charge in [0, 0.05) is 17.1 Å². The lowest BCUT2D eigenvalue weighted by Gasteiger charge is -2.19. The van der Waals surface area contributed by atoms with Gasteiger partial charge in [0.25, 0.3) is 11.5 Å². The molecule has 6 nitrogen and oxygen atoms in total. The van der Waals surface area contributed by atoms with Gasteiger partial charge in [-0.1, -0.05) is 18.2 Å². The van der Waals surface area contributed by atoms with Crippen LogP contribution in [0, 0.1) is 0 Å². The Balaban J connectivity index is 1.63. The molecule has 24 heavy (non-hydrogen) atoms. The summed E-state index contributed by atoms with van der Waals surface area (Å²) in [5, 5.41) is 4.02. The van der Waals surface area contributed by atoms with E-state index >= 15 is 0 Å². The second-order valence-corrected chi connectivity index (χ2v) is 5.41. The number of hydrogen-bond donors (Lipinski definition) is 2. The van der Waals surface area contributed by atoms with E-state index in [1.54, 1.807) is 42.5 Å². The van der Waals surface area contributed by atoms with Crippen LogP contribution < -0.4 is 20.3 Å². The Kier molecular flexibility index (Phi) is 3.42. The maximum Gasteiger partial charge on any atom is 0.272 e. The fourth-order valence-corrected chi connectivity index (χ4v) is 2.65. The van der Waals surface area contributed by atoms with Gasteiger partial charge in [-0.05, 0) is 29.7 Å². The highest BCUT2D eigenvalue weighted by Gasteiger charge is 2.14. The van der Waals surface area contributed by atoms with Crippen LogP contribution >= 0.6 is 0 Å². The van der Waals surface area contributed by atoms with E-state index in [0.29, 0.717) is 41.2 Å². The summed E-state index contributed by atoms with van der Waals surface area (Å²) in [5.74, 6) is 0.846. The molecule has 0 unspecified atom stereocenters. The lowest BCUT2D eigenvalue weighted by atomic mass is 10.1. The largest absolute Gasteiger partial charge is 0.486 e. The molecule has 0 bridgehead atoms. The van der Waals surface area contributed by atoms with E-state index < -0.39 is 5.91 Å². The highest BCUT2D eigenvalue weighted by atomic mass is 16.6. The van der Waals surface area contributed by atoms with Gasteiger partial charge < -0.3 is 19.8 Å². The van der Waals surface area contributed by atoms with E-state index in [1.165, 1.54) is 0 Å². The van der Waals surface area contributed by atoms with Crippen molar-refractivity contribution in [2.75, 3.05) is 18.5 Å². The molecule has 2 heterocycles. The number of ether oxygens (including phenoxy) is 2. The molecule has 6 heteroatoms. The van der Waals surface area contributed by atoms with Gasteiger partial charge in [0.15, 0.2) is 11.5 Å². The van der Waals surface area contributed by atoms with Crippen molar-refractivity contribution in [3.8, 4) is 11.5 Å². The first kappa shape index (κ1) is 14.3. The summed E-state index contributed by atoms with van der Waals surface area (Å²) in [6.45, 7) is 0.986.